The number of pyridine rings is 1. The van der Waals surface area contributed by atoms with E-state index in [1.165, 1.54) is 9.75 Å². The highest BCUT2D eigenvalue weighted by molar-refractivity contribution is 7.10. The van der Waals surface area contributed by atoms with Crippen LogP contribution >= 0.6 is 22.7 Å². The molecule has 0 amide bonds. The number of rotatable bonds is 6. The van der Waals surface area contributed by atoms with Gasteiger partial charge in [-0.25, -0.2) is 4.98 Å². The summed E-state index contributed by atoms with van der Waals surface area (Å²) in [5.41, 5.74) is 0.926. The van der Waals surface area contributed by atoms with E-state index < -0.39 is 0 Å². The van der Waals surface area contributed by atoms with Crippen LogP contribution in [0.2, 0.25) is 0 Å². The maximum atomic E-state index is 5.33. The standard InChI is InChI=1S/C16H16N2OS2/c1-19-16-13(6-2-8-17-16)18-14(15-7-4-10-21-15)11-12-5-3-9-20-12/h2-10,14,18H,11H2,1H3. The number of hydrogen-bond acceptors (Lipinski definition) is 5. The third-order valence-electron chi connectivity index (χ3n) is 3.17. The summed E-state index contributed by atoms with van der Waals surface area (Å²) in [7, 11) is 1.65. The molecule has 0 spiro atoms. The number of anilines is 1. The van der Waals surface area contributed by atoms with Gasteiger partial charge in [0, 0.05) is 22.4 Å². The number of aromatic nitrogens is 1. The van der Waals surface area contributed by atoms with Crippen LogP contribution in [-0.2, 0) is 6.42 Å². The molecule has 108 valence electrons. The molecule has 1 unspecified atom stereocenters. The lowest BCUT2D eigenvalue weighted by Crippen LogP contribution is -2.13. The summed E-state index contributed by atoms with van der Waals surface area (Å²) < 4.78 is 5.33. The van der Waals surface area contributed by atoms with Gasteiger partial charge in [0.2, 0.25) is 5.88 Å². The Kier molecular flexibility index (Phi) is 4.52. The Morgan fingerprint density at radius 1 is 1.14 bits per heavy atom. The predicted octanol–water partition coefficient (Wildman–Crippen LogP) is 4.61. The highest BCUT2D eigenvalue weighted by atomic mass is 32.1. The first-order chi connectivity index (χ1) is 10.4. The van der Waals surface area contributed by atoms with Crippen LogP contribution in [0.3, 0.4) is 0 Å². The Morgan fingerprint density at radius 2 is 2.00 bits per heavy atom. The minimum atomic E-state index is 0.224. The van der Waals surface area contributed by atoms with Gasteiger partial charge in [-0.1, -0.05) is 12.1 Å². The Hall–Kier alpha value is -1.85. The maximum absolute atomic E-state index is 5.33. The fourth-order valence-corrected chi connectivity index (χ4v) is 3.72. The summed E-state index contributed by atoms with van der Waals surface area (Å²) in [6.45, 7) is 0. The molecular weight excluding hydrogens is 300 g/mol. The second-order valence-corrected chi connectivity index (χ2v) is 6.57. The molecule has 0 fully saturated rings. The molecule has 3 aromatic heterocycles. The van der Waals surface area contributed by atoms with Crippen LogP contribution in [0.5, 0.6) is 5.88 Å². The van der Waals surface area contributed by atoms with E-state index in [1.807, 2.05) is 12.1 Å². The van der Waals surface area contributed by atoms with E-state index in [9.17, 15) is 0 Å². The zero-order valence-electron chi connectivity index (χ0n) is 11.7. The maximum Gasteiger partial charge on any atom is 0.237 e. The van der Waals surface area contributed by atoms with Gasteiger partial charge in [0.05, 0.1) is 18.8 Å². The Morgan fingerprint density at radius 3 is 2.71 bits per heavy atom. The summed E-state index contributed by atoms with van der Waals surface area (Å²) in [4.78, 5) is 6.93. The number of thiophene rings is 2. The van der Waals surface area contributed by atoms with Gasteiger partial charge in [0.25, 0.3) is 0 Å². The van der Waals surface area contributed by atoms with Gasteiger partial charge in [-0.15, -0.1) is 22.7 Å². The molecule has 1 N–H and O–H groups in total. The minimum Gasteiger partial charge on any atom is -0.480 e. The molecule has 3 heterocycles. The van der Waals surface area contributed by atoms with Crippen molar-refractivity contribution in [1.29, 1.82) is 0 Å². The second kappa shape index (κ2) is 6.74. The van der Waals surface area contributed by atoms with Gasteiger partial charge >= 0.3 is 0 Å². The highest BCUT2D eigenvalue weighted by Crippen LogP contribution is 2.31. The molecular formula is C16H16N2OS2. The molecule has 21 heavy (non-hydrogen) atoms. The Balaban J connectivity index is 1.85. The van der Waals surface area contributed by atoms with Crippen LogP contribution in [0.4, 0.5) is 5.69 Å². The van der Waals surface area contributed by atoms with Crippen LogP contribution < -0.4 is 10.1 Å². The molecule has 1 atom stereocenters. The van der Waals surface area contributed by atoms with Crippen LogP contribution in [0.25, 0.3) is 0 Å². The molecule has 0 aliphatic heterocycles. The molecule has 0 aliphatic carbocycles. The smallest absolute Gasteiger partial charge is 0.237 e. The van der Waals surface area contributed by atoms with Gasteiger partial charge in [0.15, 0.2) is 0 Å². The van der Waals surface area contributed by atoms with Crippen molar-refractivity contribution >= 4 is 28.4 Å². The predicted molar refractivity (Wildman–Crippen MR) is 89.5 cm³/mol. The molecule has 0 aromatic carbocycles. The van der Waals surface area contributed by atoms with Gasteiger partial charge < -0.3 is 10.1 Å². The molecule has 0 aliphatic rings. The average Bonchev–Trinajstić information content (AvgIpc) is 3.20. The van der Waals surface area contributed by atoms with Crippen molar-refractivity contribution in [3.63, 3.8) is 0 Å². The van der Waals surface area contributed by atoms with E-state index in [4.69, 9.17) is 4.74 Å². The van der Waals surface area contributed by atoms with Crippen molar-refractivity contribution in [3.8, 4) is 5.88 Å². The molecule has 3 nitrogen and oxygen atoms in total. The van der Waals surface area contributed by atoms with E-state index in [1.54, 1.807) is 36.0 Å². The van der Waals surface area contributed by atoms with Gasteiger partial charge in [-0.05, 0) is 35.0 Å². The number of hydrogen-bond donors (Lipinski definition) is 1. The summed E-state index contributed by atoms with van der Waals surface area (Å²) in [6, 6.07) is 12.7. The lowest BCUT2D eigenvalue weighted by Gasteiger charge is -2.19. The van der Waals surface area contributed by atoms with Crippen molar-refractivity contribution in [2.45, 2.75) is 12.5 Å². The summed E-state index contributed by atoms with van der Waals surface area (Å²) >= 11 is 3.55. The number of ether oxygens (including phenoxy) is 1. The zero-order chi connectivity index (χ0) is 14.5. The Labute approximate surface area is 132 Å². The molecule has 3 aromatic rings. The number of nitrogens with one attached hydrogen (secondary N) is 1. The molecule has 0 radical (unpaired) electrons. The van der Waals surface area contributed by atoms with Crippen molar-refractivity contribution in [2.24, 2.45) is 0 Å². The molecule has 5 heteroatoms. The van der Waals surface area contributed by atoms with E-state index in [0.717, 1.165) is 12.1 Å². The van der Waals surface area contributed by atoms with Crippen LogP contribution in [0, 0.1) is 0 Å². The van der Waals surface area contributed by atoms with Crippen molar-refractivity contribution in [2.75, 3.05) is 12.4 Å². The molecule has 0 saturated heterocycles. The highest BCUT2D eigenvalue weighted by Gasteiger charge is 2.16. The largest absolute Gasteiger partial charge is 0.480 e. The van der Waals surface area contributed by atoms with E-state index in [-0.39, 0.29) is 6.04 Å². The second-order valence-electron chi connectivity index (χ2n) is 4.56. The van der Waals surface area contributed by atoms with Gasteiger partial charge in [0.1, 0.15) is 0 Å². The number of nitrogens with zero attached hydrogens (tertiary/aromatic N) is 1. The minimum absolute atomic E-state index is 0.224. The van der Waals surface area contributed by atoms with E-state index in [2.05, 4.69) is 45.3 Å². The molecule has 0 saturated carbocycles. The average molecular weight is 316 g/mol. The van der Waals surface area contributed by atoms with Crippen LogP contribution in [0.15, 0.2) is 53.4 Å². The summed E-state index contributed by atoms with van der Waals surface area (Å²) in [5.74, 6) is 0.630. The quantitative estimate of drug-likeness (QED) is 0.721. The monoisotopic (exact) mass is 316 g/mol. The number of methoxy groups -OCH3 is 1. The first-order valence-electron chi connectivity index (χ1n) is 6.68. The first-order valence-corrected chi connectivity index (χ1v) is 8.44. The lowest BCUT2D eigenvalue weighted by atomic mass is 10.1. The SMILES string of the molecule is COc1ncccc1NC(Cc1cccs1)c1cccs1. The van der Waals surface area contributed by atoms with E-state index in [0.29, 0.717) is 5.88 Å². The van der Waals surface area contributed by atoms with Crippen LogP contribution in [-0.4, -0.2) is 12.1 Å². The van der Waals surface area contributed by atoms with Crippen molar-refractivity contribution < 1.29 is 4.74 Å². The fraction of sp³-hybridized carbons (Fsp3) is 0.188. The zero-order valence-corrected chi connectivity index (χ0v) is 13.3. The first kappa shape index (κ1) is 14.1. The topological polar surface area (TPSA) is 34.1 Å². The third kappa shape index (κ3) is 3.43. The summed E-state index contributed by atoms with van der Waals surface area (Å²) in [6.07, 6.45) is 2.69. The lowest BCUT2D eigenvalue weighted by molar-refractivity contribution is 0.399. The normalized spacial score (nSPS) is 12.0. The third-order valence-corrected chi connectivity index (χ3v) is 5.05. The summed E-state index contributed by atoms with van der Waals surface area (Å²) in [5, 5.41) is 7.80. The van der Waals surface area contributed by atoms with E-state index >= 15 is 0 Å². The molecule has 0 bridgehead atoms. The fourth-order valence-electron chi connectivity index (χ4n) is 2.19. The van der Waals surface area contributed by atoms with Crippen molar-refractivity contribution in [3.05, 3.63) is 63.1 Å². The van der Waals surface area contributed by atoms with Crippen molar-refractivity contribution in [1.82, 2.24) is 4.98 Å². The Bertz CT molecular complexity index is 665. The van der Waals surface area contributed by atoms with Crippen LogP contribution in [0.1, 0.15) is 15.8 Å². The van der Waals surface area contributed by atoms with Gasteiger partial charge in [-0.3, -0.25) is 0 Å². The molecule has 3 rings (SSSR count). The van der Waals surface area contributed by atoms with Gasteiger partial charge in [-0.2, -0.15) is 0 Å².